The molecule has 0 bridgehead atoms. The zero-order valence-corrected chi connectivity index (χ0v) is 14.6. The van der Waals surface area contributed by atoms with Crippen LogP contribution in [0.3, 0.4) is 0 Å². The van der Waals surface area contributed by atoms with Crippen LogP contribution in [0, 0.1) is 6.92 Å². The lowest BCUT2D eigenvalue weighted by Gasteiger charge is -2.21. The van der Waals surface area contributed by atoms with E-state index in [1.54, 1.807) is 0 Å². The topological polar surface area (TPSA) is 21.3 Å². The van der Waals surface area contributed by atoms with Gasteiger partial charge in [0.05, 0.1) is 12.1 Å². The molecule has 0 aromatic heterocycles. The van der Waals surface area contributed by atoms with Gasteiger partial charge in [-0.2, -0.15) is 0 Å². The lowest BCUT2D eigenvalue weighted by Crippen LogP contribution is -2.18. The number of ether oxygens (including phenoxy) is 1. The van der Waals surface area contributed by atoms with Gasteiger partial charge in [0.25, 0.3) is 0 Å². The molecule has 0 saturated heterocycles. The first-order valence-electron chi connectivity index (χ1n) is 7.21. The molecule has 2 nitrogen and oxygen atoms in total. The van der Waals surface area contributed by atoms with Crippen molar-refractivity contribution in [2.24, 2.45) is 0 Å². The molecule has 0 saturated carbocycles. The Balaban J connectivity index is 2.39. The molecule has 1 N–H and O–H groups in total. The van der Waals surface area contributed by atoms with E-state index < -0.39 is 0 Å². The van der Waals surface area contributed by atoms with Gasteiger partial charge in [0, 0.05) is 4.47 Å². The number of rotatable bonds is 5. The molecule has 3 heteroatoms. The van der Waals surface area contributed by atoms with E-state index in [2.05, 4.69) is 58.5 Å². The third-order valence-corrected chi connectivity index (χ3v) is 4.47. The predicted molar refractivity (Wildman–Crippen MR) is 92.0 cm³/mol. The Morgan fingerprint density at radius 3 is 2.48 bits per heavy atom. The van der Waals surface area contributed by atoms with Gasteiger partial charge in [-0.15, -0.1) is 0 Å². The molecule has 0 aliphatic carbocycles. The molecule has 0 amide bonds. The van der Waals surface area contributed by atoms with Crippen molar-refractivity contribution in [1.29, 1.82) is 0 Å². The molecular formula is C18H22BrNO. The van der Waals surface area contributed by atoms with Crippen molar-refractivity contribution in [2.75, 3.05) is 7.05 Å². The van der Waals surface area contributed by atoms with Crippen molar-refractivity contribution >= 4 is 15.9 Å². The summed E-state index contributed by atoms with van der Waals surface area (Å²) in [7, 11) is 1.98. The van der Waals surface area contributed by atoms with E-state index in [1.807, 2.05) is 33.0 Å². The molecule has 21 heavy (non-hydrogen) atoms. The first kappa shape index (κ1) is 16.1. The minimum absolute atomic E-state index is 0.134. The van der Waals surface area contributed by atoms with E-state index in [0.29, 0.717) is 0 Å². The molecule has 0 heterocycles. The third kappa shape index (κ3) is 3.86. The number of aryl methyl sites for hydroxylation is 1. The number of nitrogens with one attached hydrogen (secondary N) is 1. The average molecular weight is 348 g/mol. The number of hydrogen-bond acceptors (Lipinski definition) is 2. The lowest BCUT2D eigenvalue weighted by molar-refractivity contribution is 0.242. The second-order valence-corrected chi connectivity index (χ2v) is 6.23. The van der Waals surface area contributed by atoms with Crippen LogP contribution in [0.15, 0.2) is 46.9 Å². The monoisotopic (exact) mass is 347 g/mol. The minimum atomic E-state index is 0.134. The highest BCUT2D eigenvalue weighted by Crippen LogP contribution is 2.32. The normalized spacial score (nSPS) is 12.5. The first-order valence-corrected chi connectivity index (χ1v) is 8.01. The number of benzene rings is 2. The summed E-state index contributed by atoms with van der Waals surface area (Å²) in [6.45, 7) is 6.19. The third-order valence-electron chi connectivity index (χ3n) is 3.38. The Bertz CT molecular complexity index is 610. The highest BCUT2D eigenvalue weighted by molar-refractivity contribution is 9.10. The summed E-state index contributed by atoms with van der Waals surface area (Å²) in [4.78, 5) is 0. The summed E-state index contributed by atoms with van der Waals surface area (Å²) in [5, 5.41) is 3.40. The molecule has 0 aliphatic heterocycles. The maximum atomic E-state index is 5.80. The molecule has 2 rings (SSSR count). The van der Waals surface area contributed by atoms with Crippen LogP contribution in [0.1, 0.15) is 36.6 Å². The predicted octanol–water partition coefficient (Wildman–Crippen LogP) is 4.85. The minimum Gasteiger partial charge on any atom is -0.491 e. The van der Waals surface area contributed by atoms with Gasteiger partial charge >= 0.3 is 0 Å². The number of halogens is 1. The van der Waals surface area contributed by atoms with E-state index in [1.165, 1.54) is 16.7 Å². The summed E-state index contributed by atoms with van der Waals surface area (Å²) < 4.78 is 6.95. The fraction of sp³-hybridized carbons (Fsp3) is 0.333. The Hall–Kier alpha value is -1.32. The summed E-state index contributed by atoms with van der Waals surface area (Å²) >= 11 is 3.71. The quantitative estimate of drug-likeness (QED) is 0.834. The van der Waals surface area contributed by atoms with Crippen molar-refractivity contribution < 1.29 is 4.74 Å². The van der Waals surface area contributed by atoms with Crippen molar-refractivity contribution in [2.45, 2.75) is 32.9 Å². The zero-order valence-electron chi connectivity index (χ0n) is 13.0. The van der Waals surface area contributed by atoms with E-state index in [4.69, 9.17) is 4.74 Å². The Morgan fingerprint density at radius 1 is 1.10 bits per heavy atom. The molecular weight excluding hydrogens is 326 g/mol. The molecule has 0 spiro atoms. The van der Waals surface area contributed by atoms with Crippen LogP contribution in [-0.4, -0.2) is 13.2 Å². The lowest BCUT2D eigenvalue weighted by atomic mass is 9.97. The van der Waals surface area contributed by atoms with Gasteiger partial charge < -0.3 is 10.1 Å². The van der Waals surface area contributed by atoms with Crippen LogP contribution in [0.2, 0.25) is 0 Å². The number of hydrogen-bond donors (Lipinski definition) is 1. The summed E-state index contributed by atoms with van der Waals surface area (Å²) in [5.74, 6) is 0.909. The van der Waals surface area contributed by atoms with Gasteiger partial charge in [0.15, 0.2) is 0 Å². The van der Waals surface area contributed by atoms with Gasteiger partial charge in [-0.05, 0) is 56.6 Å². The van der Waals surface area contributed by atoms with Gasteiger partial charge in [-0.1, -0.05) is 46.3 Å². The fourth-order valence-electron chi connectivity index (χ4n) is 2.43. The van der Waals surface area contributed by atoms with Crippen molar-refractivity contribution in [3.63, 3.8) is 0 Å². The van der Waals surface area contributed by atoms with Crippen LogP contribution >= 0.6 is 15.9 Å². The van der Waals surface area contributed by atoms with Gasteiger partial charge in [-0.25, -0.2) is 0 Å². The summed E-state index contributed by atoms with van der Waals surface area (Å²) in [5.41, 5.74) is 3.67. The summed E-state index contributed by atoms with van der Waals surface area (Å²) in [6, 6.07) is 14.8. The van der Waals surface area contributed by atoms with E-state index in [-0.39, 0.29) is 12.1 Å². The summed E-state index contributed by atoms with van der Waals surface area (Å²) in [6.07, 6.45) is 0.180. The second kappa shape index (κ2) is 7.10. The zero-order chi connectivity index (χ0) is 15.4. The molecule has 0 fully saturated rings. The highest BCUT2D eigenvalue weighted by Gasteiger charge is 2.16. The molecule has 1 unspecified atom stereocenters. The first-order chi connectivity index (χ1) is 10.0. The smallest absolute Gasteiger partial charge is 0.120 e. The molecule has 0 radical (unpaired) electrons. The largest absolute Gasteiger partial charge is 0.491 e. The van der Waals surface area contributed by atoms with Gasteiger partial charge in [0.2, 0.25) is 0 Å². The van der Waals surface area contributed by atoms with Crippen LogP contribution in [0.25, 0.3) is 0 Å². The van der Waals surface area contributed by atoms with Crippen molar-refractivity contribution in [3.8, 4) is 5.75 Å². The maximum Gasteiger partial charge on any atom is 0.120 e. The maximum absolute atomic E-state index is 5.80. The van der Waals surface area contributed by atoms with Crippen LogP contribution in [0.4, 0.5) is 0 Å². The average Bonchev–Trinajstić information content (AvgIpc) is 2.44. The highest BCUT2D eigenvalue weighted by atomic mass is 79.9. The molecule has 2 aromatic rings. The van der Waals surface area contributed by atoms with Crippen molar-refractivity contribution in [1.82, 2.24) is 5.32 Å². The Kier molecular flexibility index (Phi) is 5.43. The van der Waals surface area contributed by atoms with Gasteiger partial charge in [0.1, 0.15) is 5.75 Å². The SMILES string of the molecule is CNC(c1cccc(OC(C)C)c1)c1cccc(C)c1Br. The van der Waals surface area contributed by atoms with Crippen LogP contribution < -0.4 is 10.1 Å². The standard InChI is InChI=1S/C18H22BrNO/c1-12(2)21-15-9-6-8-14(11-15)18(20-4)16-10-5-7-13(3)17(16)19/h5-12,18,20H,1-4H3. The van der Waals surface area contributed by atoms with E-state index in [0.717, 1.165) is 10.2 Å². The van der Waals surface area contributed by atoms with Crippen molar-refractivity contribution in [3.05, 3.63) is 63.6 Å². The van der Waals surface area contributed by atoms with E-state index >= 15 is 0 Å². The molecule has 112 valence electrons. The Labute approximate surface area is 135 Å². The Morgan fingerprint density at radius 2 is 1.81 bits per heavy atom. The molecule has 2 aromatic carbocycles. The van der Waals surface area contributed by atoms with Crippen LogP contribution in [0.5, 0.6) is 5.75 Å². The molecule has 1 atom stereocenters. The van der Waals surface area contributed by atoms with Gasteiger partial charge in [-0.3, -0.25) is 0 Å². The van der Waals surface area contributed by atoms with Crippen LogP contribution in [-0.2, 0) is 0 Å². The molecule has 0 aliphatic rings. The van der Waals surface area contributed by atoms with E-state index in [9.17, 15) is 0 Å². The fourth-order valence-corrected chi connectivity index (χ4v) is 2.93. The second-order valence-electron chi connectivity index (χ2n) is 5.44.